The molecule has 0 radical (unpaired) electrons. The maximum absolute atomic E-state index is 9.89. The third kappa shape index (κ3) is 3.71. The average Bonchev–Trinajstić information content (AvgIpc) is 1.82. The molecule has 0 aromatic carbocycles. The third-order valence-electron chi connectivity index (χ3n) is 0.585. The van der Waals surface area contributed by atoms with Gasteiger partial charge in [0, 0.05) is 7.11 Å². The van der Waals surface area contributed by atoms with E-state index in [2.05, 4.69) is 10.2 Å². The van der Waals surface area contributed by atoms with Crippen LogP contribution >= 0.6 is 0 Å². The highest BCUT2D eigenvalue weighted by Crippen LogP contribution is 1.69. The number of hydrogen-bond donors (Lipinski definition) is 3. The SMILES string of the molecule is COCNN(N)C(=O)O. The molecule has 0 unspecified atom stereocenters. The lowest BCUT2D eigenvalue weighted by molar-refractivity contribution is 0.0708. The predicted octanol–water partition coefficient (Wildman–Crippen LogP) is -1.05. The molecule has 0 bridgehead atoms. The lowest BCUT2D eigenvalue weighted by Gasteiger charge is -2.11. The minimum Gasteiger partial charge on any atom is -0.463 e. The number of nitrogens with two attached hydrogens (primary N) is 1. The molecule has 0 fully saturated rings. The summed E-state index contributed by atoms with van der Waals surface area (Å²) in [4.78, 5) is 9.89. The molecule has 6 nitrogen and oxygen atoms in total. The first kappa shape index (κ1) is 8.15. The van der Waals surface area contributed by atoms with Crippen molar-refractivity contribution in [3.05, 3.63) is 0 Å². The molecule has 0 aromatic rings. The Labute approximate surface area is 52.1 Å². The Bertz CT molecular complexity index is 96.3. The van der Waals surface area contributed by atoms with Crippen molar-refractivity contribution < 1.29 is 14.6 Å². The lowest BCUT2D eigenvalue weighted by Crippen LogP contribution is -2.47. The van der Waals surface area contributed by atoms with Gasteiger partial charge < -0.3 is 9.84 Å². The Kier molecular flexibility index (Phi) is 3.69. The Morgan fingerprint density at radius 1 is 2.00 bits per heavy atom. The predicted molar refractivity (Wildman–Crippen MR) is 29.1 cm³/mol. The fourth-order valence-corrected chi connectivity index (χ4v) is 0.202. The van der Waals surface area contributed by atoms with Gasteiger partial charge in [-0.15, -0.1) is 0 Å². The van der Waals surface area contributed by atoms with Gasteiger partial charge in [-0.2, -0.15) is 10.5 Å². The van der Waals surface area contributed by atoms with Crippen LogP contribution in [0.4, 0.5) is 4.79 Å². The van der Waals surface area contributed by atoms with E-state index < -0.39 is 6.09 Å². The Hall–Kier alpha value is -0.850. The number of carboxylic acid groups (broad SMARTS) is 1. The number of hydrazine groups is 2. The van der Waals surface area contributed by atoms with Crippen molar-refractivity contribution in [2.45, 2.75) is 0 Å². The van der Waals surface area contributed by atoms with Gasteiger partial charge in [0.15, 0.2) is 0 Å². The van der Waals surface area contributed by atoms with Crippen molar-refractivity contribution in [1.29, 1.82) is 0 Å². The highest BCUT2D eigenvalue weighted by atomic mass is 16.5. The molecular formula is C3H9N3O3. The van der Waals surface area contributed by atoms with Crippen LogP contribution in [0.2, 0.25) is 0 Å². The second-order valence-corrected chi connectivity index (χ2v) is 1.24. The van der Waals surface area contributed by atoms with Crippen LogP contribution in [0.3, 0.4) is 0 Å². The number of carbonyl (C=O) groups is 1. The molecule has 0 aliphatic carbocycles. The summed E-state index contributed by atoms with van der Waals surface area (Å²) in [5.74, 6) is 4.85. The first-order valence-corrected chi connectivity index (χ1v) is 2.18. The normalized spacial score (nSPS) is 9.11. The highest BCUT2D eigenvalue weighted by molar-refractivity contribution is 5.63. The molecule has 0 saturated heterocycles. The summed E-state index contributed by atoms with van der Waals surface area (Å²) in [6.45, 7) is 0.0722. The molecule has 0 rings (SSSR count). The van der Waals surface area contributed by atoms with Gasteiger partial charge in [0.25, 0.3) is 0 Å². The van der Waals surface area contributed by atoms with Gasteiger partial charge in [-0.1, -0.05) is 0 Å². The third-order valence-corrected chi connectivity index (χ3v) is 0.585. The topological polar surface area (TPSA) is 87.8 Å². The number of nitrogens with zero attached hydrogens (tertiary/aromatic N) is 1. The molecule has 4 N–H and O–H groups in total. The van der Waals surface area contributed by atoms with Crippen LogP contribution in [0.25, 0.3) is 0 Å². The Morgan fingerprint density at radius 2 is 2.56 bits per heavy atom. The number of amides is 1. The average molecular weight is 135 g/mol. The maximum atomic E-state index is 9.89. The van der Waals surface area contributed by atoms with Crippen molar-refractivity contribution in [2.75, 3.05) is 13.8 Å². The monoisotopic (exact) mass is 135 g/mol. The number of hydrogen-bond acceptors (Lipinski definition) is 4. The zero-order chi connectivity index (χ0) is 7.28. The zero-order valence-corrected chi connectivity index (χ0v) is 5.00. The molecule has 9 heavy (non-hydrogen) atoms. The van der Waals surface area contributed by atoms with Crippen LogP contribution in [0.5, 0.6) is 0 Å². The fourth-order valence-electron chi connectivity index (χ4n) is 0.202. The van der Waals surface area contributed by atoms with E-state index in [-0.39, 0.29) is 6.73 Å². The van der Waals surface area contributed by atoms with Gasteiger partial charge in [-0.3, -0.25) is 0 Å². The van der Waals surface area contributed by atoms with Gasteiger partial charge in [-0.05, 0) is 0 Å². The second kappa shape index (κ2) is 4.07. The summed E-state index contributed by atoms with van der Waals surface area (Å²) in [6, 6.07) is 0. The van der Waals surface area contributed by atoms with Crippen LogP contribution < -0.4 is 11.3 Å². The summed E-state index contributed by atoms with van der Waals surface area (Å²) in [7, 11) is 1.42. The van der Waals surface area contributed by atoms with E-state index in [9.17, 15) is 4.79 Å². The van der Waals surface area contributed by atoms with Gasteiger partial charge >= 0.3 is 6.09 Å². The molecule has 0 atom stereocenters. The molecule has 6 heteroatoms. The Balaban J connectivity index is 3.27. The molecular weight excluding hydrogens is 126 g/mol. The Morgan fingerprint density at radius 3 is 2.89 bits per heavy atom. The largest absolute Gasteiger partial charge is 0.463 e. The van der Waals surface area contributed by atoms with Crippen LogP contribution in [-0.4, -0.2) is 30.2 Å². The quantitative estimate of drug-likeness (QED) is 0.199. The standard InChI is InChI=1S/C3H9N3O3/c1-9-2-5-6(4)3(7)8/h5H,2,4H2,1H3,(H,7,8). The minimum atomic E-state index is -1.26. The maximum Gasteiger partial charge on any atom is 0.436 e. The van der Waals surface area contributed by atoms with Crippen LogP contribution in [-0.2, 0) is 4.74 Å². The first-order valence-electron chi connectivity index (χ1n) is 2.18. The van der Waals surface area contributed by atoms with Crippen molar-refractivity contribution in [2.24, 2.45) is 5.84 Å². The number of rotatable bonds is 3. The number of ether oxygens (including phenoxy) is 1. The lowest BCUT2D eigenvalue weighted by atomic mass is 11.1. The van der Waals surface area contributed by atoms with Crippen LogP contribution in [0.1, 0.15) is 0 Å². The van der Waals surface area contributed by atoms with E-state index in [1.807, 2.05) is 0 Å². The molecule has 0 aliphatic rings. The molecule has 0 aliphatic heterocycles. The molecule has 54 valence electrons. The fraction of sp³-hybridized carbons (Fsp3) is 0.667. The smallest absolute Gasteiger partial charge is 0.436 e. The van der Waals surface area contributed by atoms with Crippen molar-refractivity contribution in [1.82, 2.24) is 10.5 Å². The summed E-state index contributed by atoms with van der Waals surface area (Å²) < 4.78 is 4.47. The van der Waals surface area contributed by atoms with E-state index in [0.717, 1.165) is 0 Å². The van der Waals surface area contributed by atoms with E-state index in [4.69, 9.17) is 10.9 Å². The second-order valence-electron chi connectivity index (χ2n) is 1.24. The van der Waals surface area contributed by atoms with Gasteiger partial charge in [0.05, 0.1) is 0 Å². The van der Waals surface area contributed by atoms with Crippen LogP contribution in [0, 0.1) is 0 Å². The molecule has 0 spiro atoms. The van der Waals surface area contributed by atoms with Gasteiger partial charge in [-0.25, -0.2) is 10.6 Å². The van der Waals surface area contributed by atoms with Gasteiger partial charge in [0.1, 0.15) is 6.73 Å². The molecule has 0 heterocycles. The van der Waals surface area contributed by atoms with Crippen molar-refractivity contribution in [3.63, 3.8) is 0 Å². The number of methoxy groups -OCH3 is 1. The molecule has 0 saturated carbocycles. The summed E-state index contributed by atoms with van der Waals surface area (Å²) in [6.07, 6.45) is -1.26. The van der Waals surface area contributed by atoms with Crippen molar-refractivity contribution >= 4 is 6.09 Å². The van der Waals surface area contributed by atoms with Gasteiger partial charge in [0.2, 0.25) is 0 Å². The molecule has 0 aromatic heterocycles. The minimum absolute atomic E-state index is 0.0722. The van der Waals surface area contributed by atoms with E-state index in [1.54, 1.807) is 0 Å². The van der Waals surface area contributed by atoms with E-state index >= 15 is 0 Å². The van der Waals surface area contributed by atoms with Crippen molar-refractivity contribution in [3.8, 4) is 0 Å². The van der Waals surface area contributed by atoms with E-state index in [1.165, 1.54) is 7.11 Å². The summed E-state index contributed by atoms with van der Waals surface area (Å²) in [5, 5.41) is 8.51. The molecule has 1 amide bonds. The summed E-state index contributed by atoms with van der Waals surface area (Å²) >= 11 is 0. The summed E-state index contributed by atoms with van der Waals surface area (Å²) in [5.41, 5.74) is 2.22. The first-order chi connectivity index (χ1) is 4.18. The van der Waals surface area contributed by atoms with Crippen LogP contribution in [0.15, 0.2) is 0 Å². The number of nitrogens with one attached hydrogen (secondary N) is 1. The zero-order valence-electron chi connectivity index (χ0n) is 5.00. The highest BCUT2D eigenvalue weighted by Gasteiger charge is 2.02. The van der Waals surface area contributed by atoms with E-state index in [0.29, 0.717) is 5.12 Å².